The second-order valence-corrected chi connectivity index (χ2v) is 23.8. The van der Waals surface area contributed by atoms with Gasteiger partial charge in [-0.15, -0.1) is 5.10 Å². The number of carbonyl (C=O) groups excluding carboxylic acids is 4. The third-order valence-corrected chi connectivity index (χ3v) is 19.7. The van der Waals surface area contributed by atoms with Crippen molar-refractivity contribution in [1.82, 2.24) is 20.3 Å². The zero-order valence-electron chi connectivity index (χ0n) is 43.8. The van der Waals surface area contributed by atoms with E-state index in [-0.39, 0.29) is 52.3 Å². The molecule has 7 N–H and O–H groups in total. The number of hydrogen-bond donors (Lipinski definition) is 7. The first-order valence-corrected chi connectivity index (χ1v) is 28.2. The number of phenols is 3. The number of aliphatic hydroxyl groups is 3. The third-order valence-electron chi connectivity index (χ3n) is 15.2. The van der Waals surface area contributed by atoms with Crippen LogP contribution in [-0.2, 0) is 38.6 Å². The van der Waals surface area contributed by atoms with Crippen LogP contribution in [0.25, 0.3) is 6.08 Å². The molecule has 19 heteroatoms. The number of benzene rings is 6. The van der Waals surface area contributed by atoms with Crippen molar-refractivity contribution in [3.63, 3.8) is 0 Å². The molecule has 412 valence electrons. The smallest absolute Gasteiger partial charge is 0.244 e. The number of phenolic OH excluding ortho intramolecular Hbond substituents is 3. The number of aromatic nitrogens is 3. The normalized spacial score (nSPS) is 20.6. The van der Waals surface area contributed by atoms with Crippen molar-refractivity contribution in [3.8, 4) is 28.7 Å². The molecule has 80 heavy (non-hydrogen) atoms. The number of carbonyl (C=O) groups is 4. The van der Waals surface area contributed by atoms with E-state index in [4.69, 9.17) is 18.9 Å². The minimum Gasteiger partial charge on any atom is -0.507 e. The topological polar surface area (TPSA) is 269 Å². The molecule has 0 radical (unpaired) electrons. The Balaban J connectivity index is 0.765. The van der Waals surface area contributed by atoms with Gasteiger partial charge in [0, 0.05) is 60.2 Å². The SMILES string of the molecule is COc1cccc2c1C(=O)c1c(O)c3c(c(O)c1C2=O)C[C@@](O)(C(=O)CO)C[C@@H]3O[C@@H]1C[C@@H](NC(=O)/C=C/c2ccc(OCc3cn(CCCC[P+](c4ccccc4)(c4ccccc4)c4ccccc4)nn3)cc2O)[C@@H](O)[C@@H](C)O1. The fourth-order valence-corrected chi connectivity index (χ4v) is 15.6. The highest BCUT2D eigenvalue weighted by Crippen LogP contribution is 2.56. The van der Waals surface area contributed by atoms with Gasteiger partial charge < -0.3 is 54.9 Å². The van der Waals surface area contributed by atoms with Crippen LogP contribution >= 0.6 is 7.26 Å². The van der Waals surface area contributed by atoms with Gasteiger partial charge in [-0.2, -0.15) is 0 Å². The van der Waals surface area contributed by atoms with E-state index in [1.807, 2.05) is 10.9 Å². The zero-order chi connectivity index (χ0) is 56.3. The second-order valence-electron chi connectivity index (χ2n) is 20.2. The molecule has 18 nitrogen and oxygen atoms in total. The van der Waals surface area contributed by atoms with E-state index >= 15 is 0 Å². The van der Waals surface area contributed by atoms with Crippen LogP contribution < -0.4 is 30.7 Å². The lowest BCUT2D eigenvalue weighted by Gasteiger charge is -2.42. The number of ether oxygens (including phenoxy) is 4. The number of aryl methyl sites for hydroxylation is 1. The summed E-state index contributed by atoms with van der Waals surface area (Å²) >= 11 is 0. The number of nitrogens with zero attached hydrogens (tertiary/aromatic N) is 3. The Morgan fingerprint density at radius 1 is 0.850 bits per heavy atom. The summed E-state index contributed by atoms with van der Waals surface area (Å²) in [5.41, 5.74) is -3.30. The number of methoxy groups -OCH3 is 1. The van der Waals surface area contributed by atoms with E-state index in [1.54, 1.807) is 12.1 Å². The number of amides is 1. The lowest BCUT2D eigenvalue weighted by Crippen LogP contribution is -2.55. The molecule has 1 aromatic heterocycles. The van der Waals surface area contributed by atoms with Gasteiger partial charge in [0.25, 0.3) is 0 Å². The Morgan fingerprint density at radius 2 is 1.51 bits per heavy atom. The average molecular weight is 1100 g/mol. The fraction of sp³-hybridized carbons (Fsp3) is 0.279. The molecule has 2 heterocycles. The summed E-state index contributed by atoms with van der Waals surface area (Å²) in [6, 6.07) is 40.3. The molecule has 1 aliphatic heterocycles. The van der Waals surface area contributed by atoms with Crippen molar-refractivity contribution in [2.45, 2.75) is 88.4 Å². The monoisotopic (exact) mass is 1100 g/mol. The minimum atomic E-state index is -2.38. The van der Waals surface area contributed by atoms with Crippen molar-refractivity contribution < 1.29 is 68.8 Å². The molecular weight excluding hydrogens is 1040 g/mol. The number of nitrogens with one attached hydrogen (secondary N) is 1. The van der Waals surface area contributed by atoms with Crippen LogP contribution in [0.1, 0.15) is 92.9 Å². The highest BCUT2D eigenvalue weighted by Gasteiger charge is 2.51. The summed E-state index contributed by atoms with van der Waals surface area (Å²) in [6.07, 6.45) is 0.685. The van der Waals surface area contributed by atoms with Gasteiger partial charge in [0.1, 0.15) is 82.5 Å². The van der Waals surface area contributed by atoms with E-state index in [0.29, 0.717) is 18.0 Å². The molecule has 10 rings (SSSR count). The van der Waals surface area contributed by atoms with Crippen molar-refractivity contribution in [3.05, 3.63) is 184 Å². The van der Waals surface area contributed by atoms with Gasteiger partial charge in [-0.25, -0.2) is 0 Å². The number of ketones is 3. The molecule has 0 bridgehead atoms. The summed E-state index contributed by atoms with van der Waals surface area (Å²) < 4.78 is 25.4. The van der Waals surface area contributed by atoms with Gasteiger partial charge in [0.2, 0.25) is 11.7 Å². The number of aromatic hydroxyl groups is 3. The van der Waals surface area contributed by atoms with Gasteiger partial charge in [-0.3, -0.25) is 23.9 Å². The van der Waals surface area contributed by atoms with Crippen molar-refractivity contribution >= 4 is 52.5 Å². The van der Waals surface area contributed by atoms with Gasteiger partial charge in [0.05, 0.1) is 54.4 Å². The molecular formula is C61H60N4O14P+. The predicted molar refractivity (Wildman–Crippen MR) is 296 cm³/mol. The van der Waals surface area contributed by atoms with E-state index in [1.165, 1.54) is 60.3 Å². The molecule has 6 atom stereocenters. The van der Waals surface area contributed by atoms with Crippen LogP contribution in [0, 0.1) is 0 Å². The third kappa shape index (κ3) is 10.7. The predicted octanol–water partition coefficient (Wildman–Crippen LogP) is 5.52. The molecule has 0 spiro atoms. The first kappa shape index (κ1) is 55.2. The Hall–Kier alpha value is -8.09. The van der Waals surface area contributed by atoms with Gasteiger partial charge in [-0.05, 0) is 80.4 Å². The van der Waals surface area contributed by atoms with Crippen LogP contribution in [0.2, 0.25) is 0 Å². The van der Waals surface area contributed by atoms with Crippen molar-refractivity contribution in [2.24, 2.45) is 0 Å². The van der Waals surface area contributed by atoms with Crippen LogP contribution in [0.4, 0.5) is 0 Å². The van der Waals surface area contributed by atoms with Crippen molar-refractivity contribution in [2.75, 3.05) is 19.9 Å². The number of rotatable bonds is 19. The zero-order valence-corrected chi connectivity index (χ0v) is 44.7. The maximum Gasteiger partial charge on any atom is 0.244 e. The van der Waals surface area contributed by atoms with Gasteiger partial charge in [-0.1, -0.05) is 71.9 Å². The number of unbranched alkanes of at least 4 members (excludes halogenated alkanes) is 1. The highest BCUT2D eigenvalue weighted by atomic mass is 31.2. The maximum absolute atomic E-state index is 14.1. The van der Waals surface area contributed by atoms with Crippen LogP contribution in [0.3, 0.4) is 0 Å². The molecule has 6 aromatic carbocycles. The first-order chi connectivity index (χ1) is 38.6. The molecule has 7 aromatic rings. The Kier molecular flexibility index (Phi) is 16.1. The Bertz CT molecular complexity index is 3390. The lowest BCUT2D eigenvalue weighted by atomic mass is 9.72. The molecule has 2 aliphatic carbocycles. The second kappa shape index (κ2) is 23.3. The fourth-order valence-electron chi connectivity index (χ4n) is 11.2. The molecule has 1 amide bonds. The van der Waals surface area contributed by atoms with E-state index in [9.17, 15) is 49.8 Å². The molecule has 3 aliphatic rings. The standard InChI is InChI=1S/C61H59N4O14P/c1-36-56(70)45(30-51(78-36)79-48-32-61(75,49(68)34-66)31-44-53(48)60(74)55-54(58(44)72)57(71)43-21-14-22-47(76-2)52(43)59(55)73)62-50(69)26-24-37-23-25-39(29-46(37)67)77-35-38-33-65(64-63-38)27-12-13-28-80(40-15-6-3-7-16-40,41-17-8-4-9-18-41)42-19-10-5-11-20-42/h3-11,14-26,29,33,36,45,48,51,56,66,70,75H,12-13,27-28,30-32,34-35H2,1-2H3,(H3-,62,63,64,67,69,71,72,73,74)/p+1/t36-,45-,48+,51-,56+,61+/m1/s1. The largest absolute Gasteiger partial charge is 0.507 e. The van der Waals surface area contributed by atoms with Gasteiger partial charge >= 0.3 is 0 Å². The minimum absolute atomic E-state index is 0.0483. The first-order valence-electron chi connectivity index (χ1n) is 26.2. The quantitative estimate of drug-likeness (QED) is 0.0227. The van der Waals surface area contributed by atoms with Crippen LogP contribution in [-0.4, -0.2) is 119 Å². The molecule has 1 saturated heterocycles. The Labute approximate surface area is 461 Å². The number of Topliss-reactive ketones (excluding diaryl/α,β-unsaturated/α-hetero) is 1. The summed E-state index contributed by atoms with van der Waals surface area (Å²) in [7, 11) is -0.648. The van der Waals surface area contributed by atoms with E-state index < -0.39 is 109 Å². The summed E-state index contributed by atoms with van der Waals surface area (Å²) in [5, 5.41) is 82.7. The summed E-state index contributed by atoms with van der Waals surface area (Å²) in [6.45, 7) is 1.17. The van der Waals surface area contributed by atoms with Crippen LogP contribution in [0.5, 0.6) is 28.7 Å². The number of aliphatic hydroxyl groups excluding tert-OH is 2. The average Bonchev–Trinajstić information content (AvgIpc) is 4.06. The molecule has 0 unspecified atom stereocenters. The summed E-state index contributed by atoms with van der Waals surface area (Å²) in [4.78, 5) is 54.5. The Morgan fingerprint density at radius 3 is 2.15 bits per heavy atom. The molecule has 0 saturated carbocycles. The van der Waals surface area contributed by atoms with Crippen molar-refractivity contribution in [1.29, 1.82) is 0 Å². The highest BCUT2D eigenvalue weighted by molar-refractivity contribution is 7.95. The molecule has 1 fully saturated rings. The van der Waals surface area contributed by atoms with E-state index in [0.717, 1.165) is 25.1 Å². The van der Waals surface area contributed by atoms with E-state index in [2.05, 4.69) is 107 Å². The number of fused-ring (bicyclic) bond motifs is 3. The van der Waals surface area contributed by atoms with Crippen LogP contribution in [0.15, 0.2) is 140 Å². The lowest BCUT2D eigenvalue weighted by molar-refractivity contribution is -0.249. The van der Waals surface area contributed by atoms with Gasteiger partial charge in [0.15, 0.2) is 17.9 Å². The number of hydrogen-bond acceptors (Lipinski definition) is 16. The summed E-state index contributed by atoms with van der Waals surface area (Å²) in [5.74, 6) is -4.66. The maximum atomic E-state index is 14.1.